The first-order chi connectivity index (χ1) is 9.97. The van der Waals surface area contributed by atoms with Gasteiger partial charge < -0.3 is 19.2 Å². The molecule has 0 fully saturated rings. The van der Waals surface area contributed by atoms with Gasteiger partial charge in [0.1, 0.15) is 22.7 Å². The minimum Gasteiger partial charge on any atom is -0.306 e. The van der Waals surface area contributed by atoms with Crippen LogP contribution < -0.4 is 0 Å². The predicted molar refractivity (Wildman–Crippen MR) is 78.5 cm³/mol. The van der Waals surface area contributed by atoms with E-state index >= 15 is 0 Å². The van der Waals surface area contributed by atoms with E-state index in [0.717, 1.165) is 7.28 Å². The van der Waals surface area contributed by atoms with Gasteiger partial charge in [-0.15, -0.1) is 0 Å². The first kappa shape index (κ1) is 12.3. The van der Waals surface area contributed by atoms with E-state index in [-0.39, 0.29) is 22.5 Å². The quantitative estimate of drug-likeness (QED) is 0.651. The van der Waals surface area contributed by atoms with Crippen LogP contribution in [0.4, 0.5) is 0 Å². The number of carbonyl (C=O) groups excluding carboxylic acids is 4. The minimum atomic E-state index is -1.15. The molecule has 2 aromatic carbocycles. The van der Waals surface area contributed by atoms with Crippen molar-refractivity contribution in [3.63, 3.8) is 0 Å². The SMILES string of the molecule is [B]B1C(=O)c2cc3cc4c(cc3cc2C1=O)C(=O)[B]C4=O. The first-order valence-electron chi connectivity index (χ1n) is 6.36. The fourth-order valence-corrected chi connectivity index (χ4v) is 2.89. The van der Waals surface area contributed by atoms with Crippen LogP contribution in [-0.4, -0.2) is 44.4 Å². The molecule has 0 unspecified atom stereocenters. The summed E-state index contributed by atoms with van der Waals surface area (Å²) in [4.78, 5) is 47.3. The Morgan fingerprint density at radius 2 is 1.10 bits per heavy atom. The van der Waals surface area contributed by atoms with E-state index < -0.39 is 18.0 Å². The number of benzene rings is 2. The van der Waals surface area contributed by atoms with Crippen molar-refractivity contribution in [3.05, 3.63) is 46.5 Å². The van der Waals surface area contributed by atoms with Crippen molar-refractivity contribution in [2.75, 3.05) is 0 Å². The van der Waals surface area contributed by atoms with Gasteiger partial charge in [-0.2, -0.15) is 0 Å². The third kappa shape index (κ3) is 1.49. The normalized spacial score (nSPS) is 16.5. The Kier molecular flexibility index (Phi) is 2.24. The summed E-state index contributed by atoms with van der Waals surface area (Å²) in [6.07, 6.45) is 0. The van der Waals surface area contributed by atoms with Crippen molar-refractivity contribution >= 4 is 55.1 Å². The Morgan fingerprint density at radius 1 is 0.714 bits per heavy atom. The average Bonchev–Trinajstić information content (AvgIpc) is 2.85. The molecule has 3 radical (unpaired) electrons. The number of carbonyl (C=O) groups is 4. The van der Waals surface area contributed by atoms with E-state index in [1.165, 1.54) is 0 Å². The maximum Gasteiger partial charge on any atom is 0.304 e. The molecule has 21 heavy (non-hydrogen) atoms. The van der Waals surface area contributed by atoms with E-state index in [2.05, 4.69) is 0 Å². The van der Waals surface area contributed by atoms with Crippen LogP contribution in [0.1, 0.15) is 41.4 Å². The zero-order chi connectivity index (χ0) is 14.9. The predicted octanol–water partition coefficient (Wildman–Crippen LogP) is 0.455. The molecular formula is C14H4B3O4. The third-order valence-electron chi connectivity index (χ3n) is 4.00. The van der Waals surface area contributed by atoms with Gasteiger partial charge in [-0.05, 0) is 35.0 Å². The molecule has 2 aliphatic rings. The Balaban J connectivity index is 2.05. The zero-order valence-electron chi connectivity index (χ0n) is 10.7. The monoisotopic (exact) mass is 269 g/mol. The van der Waals surface area contributed by atoms with Crippen LogP contribution in [0.15, 0.2) is 24.3 Å². The highest BCUT2D eigenvalue weighted by Gasteiger charge is 2.38. The molecule has 0 bridgehead atoms. The molecule has 4 rings (SSSR count). The van der Waals surface area contributed by atoms with Crippen molar-refractivity contribution in [2.45, 2.75) is 0 Å². The first-order valence-corrected chi connectivity index (χ1v) is 6.36. The smallest absolute Gasteiger partial charge is 0.304 e. The van der Waals surface area contributed by atoms with E-state index in [4.69, 9.17) is 7.74 Å². The maximum atomic E-state index is 11.9. The molecule has 0 atom stereocenters. The topological polar surface area (TPSA) is 68.3 Å². The standard InChI is InChI=1S/C14H4B3O4/c15-17-13(20)9-3-5-1-7-8(12(19)16-11(7)18)2-6(5)4-10(9)14(17)21/h1-4H. The zero-order valence-corrected chi connectivity index (χ0v) is 10.7. The van der Waals surface area contributed by atoms with Crippen LogP contribution in [0.5, 0.6) is 0 Å². The van der Waals surface area contributed by atoms with Gasteiger partial charge in [0.15, 0.2) is 0 Å². The second kappa shape index (κ2) is 3.82. The Hall–Kier alpha value is -2.43. The van der Waals surface area contributed by atoms with Gasteiger partial charge in [0.05, 0.1) is 0 Å². The second-order valence-corrected chi connectivity index (χ2v) is 5.22. The molecule has 0 saturated heterocycles. The molecule has 0 aromatic heterocycles. The van der Waals surface area contributed by atoms with Crippen LogP contribution in [0.2, 0.25) is 0 Å². The van der Waals surface area contributed by atoms with Crippen molar-refractivity contribution < 1.29 is 19.2 Å². The summed E-state index contributed by atoms with van der Waals surface area (Å²) < 4.78 is 0. The number of fused-ring (bicyclic) bond motifs is 3. The summed E-state index contributed by atoms with van der Waals surface area (Å²) in [5, 5.41) is 1.28. The highest BCUT2D eigenvalue weighted by atomic mass is 16.1. The van der Waals surface area contributed by atoms with E-state index in [1.54, 1.807) is 24.3 Å². The van der Waals surface area contributed by atoms with Crippen LogP contribution in [0.25, 0.3) is 10.8 Å². The van der Waals surface area contributed by atoms with Crippen molar-refractivity contribution in [2.24, 2.45) is 0 Å². The fourth-order valence-electron chi connectivity index (χ4n) is 2.89. The molecule has 0 N–H and O–H groups in total. The Bertz CT molecular complexity index is 844. The Morgan fingerprint density at radius 3 is 1.52 bits per heavy atom. The maximum absolute atomic E-state index is 11.9. The summed E-state index contributed by atoms with van der Waals surface area (Å²) in [5.74, 6) is 0. The molecule has 0 spiro atoms. The van der Waals surface area contributed by atoms with Gasteiger partial charge in [0, 0.05) is 30.0 Å². The van der Waals surface area contributed by atoms with Crippen LogP contribution >= 0.6 is 0 Å². The molecule has 4 nitrogen and oxygen atoms in total. The minimum absolute atomic E-state index is 0.278. The summed E-state index contributed by atoms with van der Waals surface area (Å²) in [6.45, 7) is -1.15. The lowest BCUT2D eigenvalue weighted by atomic mass is 9.30. The second-order valence-electron chi connectivity index (χ2n) is 5.22. The highest BCUT2D eigenvalue weighted by Crippen LogP contribution is 2.30. The summed E-state index contributed by atoms with van der Waals surface area (Å²) >= 11 is 0. The van der Waals surface area contributed by atoms with Gasteiger partial charge in [-0.1, -0.05) is 0 Å². The summed E-state index contributed by atoms with van der Waals surface area (Å²) in [7, 11) is 6.61. The van der Waals surface area contributed by atoms with E-state index in [0.29, 0.717) is 21.9 Å². The lowest BCUT2D eigenvalue weighted by Gasteiger charge is -2.05. The van der Waals surface area contributed by atoms with Gasteiger partial charge in [0.25, 0.3) is 6.60 Å². The fraction of sp³-hybridized carbons (Fsp3) is 0. The summed E-state index contributed by atoms with van der Waals surface area (Å²) in [6, 6.07) is 6.29. The van der Waals surface area contributed by atoms with Crippen molar-refractivity contribution in [1.29, 1.82) is 0 Å². The Labute approximate surface area is 121 Å². The largest absolute Gasteiger partial charge is 0.306 e. The van der Waals surface area contributed by atoms with Gasteiger partial charge in [-0.25, -0.2) is 0 Å². The number of hydrogen-bond donors (Lipinski definition) is 0. The molecule has 93 valence electrons. The van der Waals surface area contributed by atoms with Gasteiger partial charge in [0.2, 0.25) is 0 Å². The molecule has 2 aromatic rings. The summed E-state index contributed by atoms with van der Waals surface area (Å²) in [5.41, 5.74) is -0.283. The molecular weight excluding hydrogens is 265 g/mol. The third-order valence-corrected chi connectivity index (χ3v) is 4.00. The van der Waals surface area contributed by atoms with Crippen molar-refractivity contribution in [3.8, 4) is 0 Å². The van der Waals surface area contributed by atoms with Crippen molar-refractivity contribution in [1.82, 2.24) is 0 Å². The molecule has 0 aliphatic carbocycles. The van der Waals surface area contributed by atoms with E-state index in [1.807, 2.05) is 0 Å². The number of rotatable bonds is 0. The lowest BCUT2D eigenvalue weighted by Crippen LogP contribution is -2.28. The van der Waals surface area contributed by atoms with E-state index in [9.17, 15) is 19.2 Å². The number of hydrogen-bond acceptors (Lipinski definition) is 4. The average molecular weight is 269 g/mol. The molecule has 2 aliphatic heterocycles. The lowest BCUT2D eigenvalue weighted by molar-refractivity contribution is 0.104. The van der Waals surface area contributed by atoms with Crippen LogP contribution in [-0.2, 0) is 0 Å². The van der Waals surface area contributed by atoms with Crippen LogP contribution in [0, 0.1) is 0 Å². The van der Waals surface area contributed by atoms with Crippen LogP contribution in [0.3, 0.4) is 0 Å². The van der Waals surface area contributed by atoms with Gasteiger partial charge >= 0.3 is 7.28 Å². The molecule has 0 saturated carbocycles. The molecule has 2 heterocycles. The molecule has 7 heteroatoms. The van der Waals surface area contributed by atoms with Gasteiger partial charge in [-0.3, -0.25) is 0 Å². The molecule has 0 amide bonds. The highest BCUT2D eigenvalue weighted by molar-refractivity contribution is 7.39.